The minimum atomic E-state index is -0.0867. The summed E-state index contributed by atoms with van der Waals surface area (Å²) in [4.78, 5) is 11.0. The Hall–Kier alpha value is -0.790. The van der Waals surface area contributed by atoms with E-state index in [1.807, 2.05) is 20.8 Å². The highest BCUT2D eigenvalue weighted by Crippen LogP contribution is 2.06. The molecule has 2 heteroatoms. The first-order valence-electron chi connectivity index (χ1n) is 3.96. The second kappa shape index (κ2) is 4.16. The number of carbonyl (C=O) groups excluding carboxylic acids is 1. The number of amides is 1. The van der Waals surface area contributed by atoms with Gasteiger partial charge in [-0.15, -0.1) is 0 Å². The van der Waals surface area contributed by atoms with Crippen molar-refractivity contribution in [1.29, 1.82) is 0 Å². The van der Waals surface area contributed by atoms with Crippen molar-refractivity contribution in [2.45, 2.75) is 39.7 Å². The summed E-state index contributed by atoms with van der Waals surface area (Å²) >= 11 is 0. The molecule has 1 amide bonds. The lowest BCUT2D eigenvalue weighted by Crippen LogP contribution is -2.41. The Kier molecular flexibility index (Phi) is 3.86. The summed E-state index contributed by atoms with van der Waals surface area (Å²) in [5.74, 6) is -0.0145. The van der Waals surface area contributed by atoms with Crippen LogP contribution < -0.4 is 5.32 Å². The number of allylic oxidation sites excluding steroid dienone is 1. The monoisotopic (exact) mass is 155 g/mol. The first kappa shape index (κ1) is 10.2. The predicted molar refractivity (Wildman–Crippen MR) is 47.3 cm³/mol. The molecule has 0 fully saturated rings. The maximum atomic E-state index is 11.0. The van der Waals surface area contributed by atoms with Crippen LogP contribution in [-0.4, -0.2) is 11.4 Å². The van der Waals surface area contributed by atoms with E-state index in [1.54, 1.807) is 6.08 Å². The Balaban J connectivity index is 3.93. The molecule has 11 heavy (non-hydrogen) atoms. The lowest BCUT2D eigenvalue weighted by atomic mass is 10.0. The van der Waals surface area contributed by atoms with Crippen LogP contribution in [0.1, 0.15) is 34.1 Å². The lowest BCUT2D eigenvalue weighted by Gasteiger charge is -2.23. The van der Waals surface area contributed by atoms with E-state index in [-0.39, 0.29) is 11.4 Å². The van der Waals surface area contributed by atoms with Crippen LogP contribution in [0.2, 0.25) is 0 Å². The normalized spacial score (nSPS) is 12.0. The van der Waals surface area contributed by atoms with Crippen molar-refractivity contribution in [3.05, 3.63) is 12.2 Å². The third-order valence-corrected chi connectivity index (χ3v) is 1.66. The molecule has 0 spiro atoms. The van der Waals surface area contributed by atoms with Gasteiger partial charge in [0.25, 0.3) is 0 Å². The van der Waals surface area contributed by atoms with Gasteiger partial charge in [-0.3, -0.25) is 4.79 Å². The second-order valence-corrected chi connectivity index (χ2v) is 3.23. The molecular weight excluding hydrogens is 138 g/mol. The number of nitrogens with one attached hydrogen (secondary N) is 1. The third kappa shape index (κ3) is 4.59. The summed E-state index contributed by atoms with van der Waals surface area (Å²) < 4.78 is 0. The van der Waals surface area contributed by atoms with E-state index < -0.39 is 0 Å². The van der Waals surface area contributed by atoms with Crippen LogP contribution >= 0.6 is 0 Å². The van der Waals surface area contributed by atoms with Gasteiger partial charge >= 0.3 is 0 Å². The van der Waals surface area contributed by atoms with Crippen LogP contribution in [0.3, 0.4) is 0 Å². The van der Waals surface area contributed by atoms with Gasteiger partial charge in [-0.1, -0.05) is 13.0 Å². The molecule has 0 unspecified atom stereocenters. The van der Waals surface area contributed by atoms with Crippen LogP contribution in [0, 0.1) is 0 Å². The molecule has 0 saturated carbocycles. The van der Waals surface area contributed by atoms with E-state index >= 15 is 0 Å². The van der Waals surface area contributed by atoms with Crippen LogP contribution in [-0.2, 0) is 4.79 Å². The Morgan fingerprint density at radius 3 is 2.45 bits per heavy atom. The standard InChI is InChI=1S/C9H17NO/c1-5-7-8(11)10-9(3,4)6-2/h5,7H,6H2,1-4H3,(H,10,11). The van der Waals surface area contributed by atoms with Gasteiger partial charge in [0, 0.05) is 5.54 Å². The molecule has 1 N–H and O–H groups in total. The molecule has 0 aliphatic rings. The molecule has 0 rings (SSSR count). The first-order valence-corrected chi connectivity index (χ1v) is 3.96. The fourth-order valence-corrected chi connectivity index (χ4v) is 0.615. The fourth-order valence-electron chi connectivity index (χ4n) is 0.615. The maximum absolute atomic E-state index is 11.0. The average Bonchev–Trinajstić information content (AvgIpc) is 1.87. The summed E-state index contributed by atoms with van der Waals surface area (Å²) in [6.07, 6.45) is 4.22. The van der Waals surface area contributed by atoms with Gasteiger partial charge in [-0.05, 0) is 33.3 Å². The molecule has 0 aromatic rings. The van der Waals surface area contributed by atoms with E-state index in [0.717, 1.165) is 6.42 Å². The average molecular weight is 155 g/mol. The zero-order chi connectivity index (χ0) is 8.91. The van der Waals surface area contributed by atoms with Crippen molar-refractivity contribution in [3.63, 3.8) is 0 Å². The number of rotatable bonds is 3. The SMILES string of the molecule is CC=CC(=O)NC(C)(C)CC. The van der Waals surface area contributed by atoms with Crippen LogP contribution in [0.5, 0.6) is 0 Å². The van der Waals surface area contributed by atoms with Gasteiger partial charge in [0.05, 0.1) is 0 Å². The molecule has 0 atom stereocenters. The summed E-state index contributed by atoms with van der Waals surface area (Å²) in [6.45, 7) is 7.90. The molecule has 0 bridgehead atoms. The zero-order valence-corrected chi connectivity index (χ0v) is 7.77. The van der Waals surface area contributed by atoms with Crippen LogP contribution in [0.25, 0.3) is 0 Å². The highest BCUT2D eigenvalue weighted by molar-refractivity contribution is 5.87. The largest absolute Gasteiger partial charge is 0.348 e. The van der Waals surface area contributed by atoms with Gasteiger partial charge < -0.3 is 5.32 Å². The molecule has 0 heterocycles. The molecule has 64 valence electrons. The topological polar surface area (TPSA) is 29.1 Å². The minimum absolute atomic E-state index is 0.0145. The molecular formula is C9H17NO. The van der Waals surface area contributed by atoms with Gasteiger partial charge in [0.2, 0.25) is 5.91 Å². The number of carbonyl (C=O) groups is 1. The predicted octanol–water partition coefficient (Wildman–Crippen LogP) is 1.87. The maximum Gasteiger partial charge on any atom is 0.244 e. The van der Waals surface area contributed by atoms with Crippen molar-refractivity contribution < 1.29 is 4.79 Å². The van der Waals surface area contributed by atoms with Gasteiger partial charge in [-0.2, -0.15) is 0 Å². The van der Waals surface area contributed by atoms with Crippen molar-refractivity contribution in [3.8, 4) is 0 Å². The van der Waals surface area contributed by atoms with Gasteiger partial charge in [-0.25, -0.2) is 0 Å². The number of hydrogen-bond donors (Lipinski definition) is 1. The van der Waals surface area contributed by atoms with Crippen molar-refractivity contribution in [2.75, 3.05) is 0 Å². The minimum Gasteiger partial charge on any atom is -0.348 e. The Bertz CT molecular complexity index is 159. The van der Waals surface area contributed by atoms with E-state index in [4.69, 9.17) is 0 Å². The highest BCUT2D eigenvalue weighted by Gasteiger charge is 2.15. The van der Waals surface area contributed by atoms with Gasteiger partial charge in [0.1, 0.15) is 0 Å². The van der Waals surface area contributed by atoms with E-state index in [2.05, 4.69) is 12.2 Å². The van der Waals surface area contributed by atoms with Crippen molar-refractivity contribution in [1.82, 2.24) is 5.32 Å². The molecule has 0 saturated heterocycles. The molecule has 0 aromatic carbocycles. The Labute approximate surface area is 68.7 Å². The zero-order valence-electron chi connectivity index (χ0n) is 7.77. The summed E-state index contributed by atoms with van der Waals surface area (Å²) in [7, 11) is 0. The van der Waals surface area contributed by atoms with E-state index in [9.17, 15) is 4.79 Å². The van der Waals surface area contributed by atoms with E-state index in [1.165, 1.54) is 6.08 Å². The quantitative estimate of drug-likeness (QED) is 0.619. The molecule has 2 nitrogen and oxygen atoms in total. The summed E-state index contributed by atoms with van der Waals surface area (Å²) in [6, 6.07) is 0. The molecule has 0 aliphatic carbocycles. The number of hydrogen-bond acceptors (Lipinski definition) is 1. The van der Waals surface area contributed by atoms with Crippen LogP contribution in [0.4, 0.5) is 0 Å². The first-order chi connectivity index (χ1) is 5.02. The Morgan fingerprint density at radius 1 is 1.55 bits per heavy atom. The molecule has 0 aromatic heterocycles. The highest BCUT2D eigenvalue weighted by atomic mass is 16.1. The molecule has 0 aliphatic heterocycles. The summed E-state index contributed by atoms with van der Waals surface area (Å²) in [5, 5.41) is 2.88. The van der Waals surface area contributed by atoms with Crippen molar-refractivity contribution in [2.24, 2.45) is 0 Å². The Morgan fingerprint density at radius 2 is 2.09 bits per heavy atom. The summed E-state index contributed by atoms with van der Waals surface area (Å²) in [5.41, 5.74) is -0.0867. The van der Waals surface area contributed by atoms with E-state index in [0.29, 0.717) is 0 Å². The molecule has 0 radical (unpaired) electrons. The fraction of sp³-hybridized carbons (Fsp3) is 0.667. The smallest absolute Gasteiger partial charge is 0.244 e. The van der Waals surface area contributed by atoms with Crippen LogP contribution in [0.15, 0.2) is 12.2 Å². The third-order valence-electron chi connectivity index (χ3n) is 1.66. The van der Waals surface area contributed by atoms with Crippen molar-refractivity contribution >= 4 is 5.91 Å². The van der Waals surface area contributed by atoms with Gasteiger partial charge in [0.15, 0.2) is 0 Å². The second-order valence-electron chi connectivity index (χ2n) is 3.23. The lowest BCUT2D eigenvalue weighted by molar-refractivity contribution is -0.118.